The van der Waals surface area contributed by atoms with Gasteiger partial charge in [0.05, 0.1) is 19.8 Å². The molecule has 0 amide bonds. The molecule has 0 bridgehead atoms. The van der Waals surface area contributed by atoms with E-state index in [2.05, 4.69) is 17.1 Å². The van der Waals surface area contributed by atoms with E-state index in [9.17, 15) is 0 Å². The minimum atomic E-state index is 0.590. The second kappa shape index (κ2) is 7.21. The molecule has 0 atom stereocenters. The number of aromatic nitrogens is 3. The Hall–Kier alpha value is -1.66. The molecule has 2 aromatic rings. The van der Waals surface area contributed by atoms with Gasteiger partial charge in [-0.1, -0.05) is 19.1 Å². The molecule has 1 aromatic heterocycles. The highest BCUT2D eigenvalue weighted by atomic mass is 32.1. The number of benzene rings is 1. The van der Waals surface area contributed by atoms with E-state index in [-0.39, 0.29) is 0 Å². The van der Waals surface area contributed by atoms with Crippen LogP contribution >= 0.6 is 12.2 Å². The van der Waals surface area contributed by atoms with Crippen molar-refractivity contribution < 1.29 is 9.47 Å². The highest BCUT2D eigenvalue weighted by Gasteiger charge is 2.09. The van der Waals surface area contributed by atoms with Gasteiger partial charge in [0.15, 0.2) is 10.6 Å². The third kappa shape index (κ3) is 3.46. The van der Waals surface area contributed by atoms with E-state index in [1.165, 1.54) is 0 Å². The summed E-state index contributed by atoms with van der Waals surface area (Å²) in [5.41, 5.74) is 0.974. The number of methoxy groups -OCH3 is 1. The number of ether oxygens (including phenoxy) is 2. The molecule has 1 heterocycles. The van der Waals surface area contributed by atoms with Gasteiger partial charge in [-0.2, -0.15) is 5.10 Å². The molecule has 5 nitrogen and oxygen atoms in total. The average molecular weight is 293 g/mol. The van der Waals surface area contributed by atoms with E-state index in [0.29, 0.717) is 24.5 Å². The number of hydrogen-bond donors (Lipinski definition) is 1. The first-order valence-electron chi connectivity index (χ1n) is 6.63. The topological polar surface area (TPSA) is 52.1 Å². The first-order valence-corrected chi connectivity index (χ1v) is 7.04. The molecule has 0 fully saturated rings. The first kappa shape index (κ1) is 14.7. The van der Waals surface area contributed by atoms with E-state index in [0.717, 1.165) is 23.6 Å². The van der Waals surface area contributed by atoms with Crippen molar-refractivity contribution in [3.8, 4) is 17.1 Å². The third-order valence-corrected chi connectivity index (χ3v) is 3.15. The molecule has 6 heteroatoms. The number of nitrogens with one attached hydrogen (secondary N) is 1. The number of rotatable bonds is 7. The molecule has 0 aliphatic rings. The van der Waals surface area contributed by atoms with E-state index in [4.69, 9.17) is 21.7 Å². The van der Waals surface area contributed by atoms with E-state index < -0.39 is 0 Å². The van der Waals surface area contributed by atoms with Gasteiger partial charge in [-0.15, -0.1) is 0 Å². The Labute approximate surface area is 123 Å². The van der Waals surface area contributed by atoms with Crippen LogP contribution in [-0.2, 0) is 11.3 Å². The summed E-state index contributed by atoms with van der Waals surface area (Å²) < 4.78 is 13.3. The van der Waals surface area contributed by atoms with Crippen LogP contribution in [0.15, 0.2) is 24.3 Å². The minimum absolute atomic E-state index is 0.590. The summed E-state index contributed by atoms with van der Waals surface area (Å²) in [6.07, 6.45) is 0.983. The zero-order valence-corrected chi connectivity index (χ0v) is 12.6. The minimum Gasteiger partial charge on any atom is -0.494 e. The van der Waals surface area contributed by atoms with Crippen molar-refractivity contribution >= 4 is 12.2 Å². The van der Waals surface area contributed by atoms with Gasteiger partial charge in [0.1, 0.15) is 5.75 Å². The first-order chi connectivity index (χ1) is 9.76. The zero-order valence-electron chi connectivity index (χ0n) is 11.8. The maximum absolute atomic E-state index is 5.65. The zero-order chi connectivity index (χ0) is 14.4. The van der Waals surface area contributed by atoms with Gasteiger partial charge >= 0.3 is 0 Å². The van der Waals surface area contributed by atoms with Crippen molar-refractivity contribution in [2.45, 2.75) is 19.9 Å². The molecule has 0 saturated heterocycles. The van der Waals surface area contributed by atoms with Gasteiger partial charge in [0.2, 0.25) is 0 Å². The lowest BCUT2D eigenvalue weighted by Gasteiger charge is -2.08. The van der Waals surface area contributed by atoms with Crippen LogP contribution in [0.5, 0.6) is 5.75 Å². The summed E-state index contributed by atoms with van der Waals surface area (Å²) in [4.78, 5) is 0. The van der Waals surface area contributed by atoms with Crippen LogP contribution in [0.1, 0.15) is 13.3 Å². The van der Waals surface area contributed by atoms with Gasteiger partial charge in [-0.3, -0.25) is 9.67 Å². The molecule has 0 spiro atoms. The monoisotopic (exact) mass is 293 g/mol. The molecule has 0 radical (unpaired) electrons. The Bertz CT molecular complexity index is 606. The third-order valence-electron chi connectivity index (χ3n) is 2.84. The summed E-state index contributed by atoms with van der Waals surface area (Å²) in [5, 5.41) is 7.12. The molecular weight excluding hydrogens is 274 g/mol. The van der Waals surface area contributed by atoms with E-state index in [1.807, 2.05) is 28.8 Å². The summed E-state index contributed by atoms with van der Waals surface area (Å²) in [5.74, 6) is 1.64. The summed E-state index contributed by atoms with van der Waals surface area (Å²) >= 11 is 5.25. The summed E-state index contributed by atoms with van der Waals surface area (Å²) in [6.45, 7) is 4.05. The fraction of sp³-hybridized carbons (Fsp3) is 0.429. The van der Waals surface area contributed by atoms with Crippen LogP contribution in [0.3, 0.4) is 0 Å². The standard InChI is InChI=1S/C14H19N3O2S/c1-3-8-19-12-6-4-5-11(10-12)13-15-16-14(20)17(13)7-9-18-2/h4-6,10H,3,7-9H2,1-2H3,(H,16,20). The number of H-pyrrole nitrogens is 1. The molecule has 0 aliphatic heterocycles. The van der Waals surface area contributed by atoms with E-state index >= 15 is 0 Å². The van der Waals surface area contributed by atoms with Gasteiger partial charge in [0.25, 0.3) is 0 Å². The average Bonchev–Trinajstić information content (AvgIpc) is 2.84. The highest BCUT2D eigenvalue weighted by Crippen LogP contribution is 2.22. The van der Waals surface area contributed by atoms with Crippen LogP contribution in [0, 0.1) is 4.77 Å². The Morgan fingerprint density at radius 1 is 1.35 bits per heavy atom. The summed E-state index contributed by atoms with van der Waals surface area (Å²) in [6, 6.07) is 7.87. The van der Waals surface area contributed by atoms with Crippen LogP contribution < -0.4 is 4.74 Å². The molecule has 1 N–H and O–H groups in total. The van der Waals surface area contributed by atoms with Crippen LogP contribution in [0.2, 0.25) is 0 Å². The lowest BCUT2D eigenvalue weighted by Crippen LogP contribution is -2.06. The largest absolute Gasteiger partial charge is 0.494 e. The summed E-state index contributed by atoms with van der Waals surface area (Å²) in [7, 11) is 1.67. The second-order valence-electron chi connectivity index (χ2n) is 4.37. The van der Waals surface area contributed by atoms with Crippen molar-refractivity contribution in [2.75, 3.05) is 20.3 Å². The smallest absolute Gasteiger partial charge is 0.195 e. The molecule has 108 valence electrons. The molecule has 1 aromatic carbocycles. The molecule has 0 aliphatic carbocycles. The number of hydrogen-bond acceptors (Lipinski definition) is 4. The fourth-order valence-electron chi connectivity index (χ4n) is 1.87. The molecule has 0 saturated carbocycles. The van der Waals surface area contributed by atoms with E-state index in [1.54, 1.807) is 7.11 Å². The van der Waals surface area contributed by atoms with Crippen molar-refractivity contribution in [2.24, 2.45) is 0 Å². The highest BCUT2D eigenvalue weighted by molar-refractivity contribution is 7.71. The SMILES string of the molecule is CCCOc1cccc(-c2n[nH]c(=S)n2CCOC)c1. The molecular formula is C14H19N3O2S. The quantitative estimate of drug-likeness (QED) is 0.797. The van der Waals surface area contributed by atoms with Crippen LogP contribution in [0.25, 0.3) is 11.4 Å². The Morgan fingerprint density at radius 3 is 2.95 bits per heavy atom. The molecule has 2 rings (SSSR count). The maximum atomic E-state index is 5.65. The Kier molecular flexibility index (Phi) is 5.31. The lowest BCUT2D eigenvalue weighted by atomic mass is 10.2. The Morgan fingerprint density at radius 2 is 2.20 bits per heavy atom. The van der Waals surface area contributed by atoms with Crippen molar-refractivity contribution in [1.29, 1.82) is 0 Å². The predicted octanol–water partition coefficient (Wildman–Crippen LogP) is 3.04. The van der Waals surface area contributed by atoms with Crippen molar-refractivity contribution in [3.05, 3.63) is 29.0 Å². The molecule has 20 heavy (non-hydrogen) atoms. The predicted molar refractivity (Wildman–Crippen MR) is 80.5 cm³/mol. The normalized spacial score (nSPS) is 10.7. The van der Waals surface area contributed by atoms with Gasteiger partial charge < -0.3 is 9.47 Å². The number of aromatic amines is 1. The van der Waals surface area contributed by atoms with Crippen molar-refractivity contribution in [1.82, 2.24) is 14.8 Å². The van der Waals surface area contributed by atoms with Gasteiger partial charge in [0, 0.05) is 12.7 Å². The van der Waals surface area contributed by atoms with Gasteiger partial charge in [-0.05, 0) is 30.8 Å². The van der Waals surface area contributed by atoms with Crippen LogP contribution in [-0.4, -0.2) is 35.1 Å². The van der Waals surface area contributed by atoms with Gasteiger partial charge in [-0.25, -0.2) is 0 Å². The number of nitrogens with zero attached hydrogens (tertiary/aromatic N) is 2. The maximum Gasteiger partial charge on any atom is 0.195 e. The Balaban J connectivity index is 2.29. The lowest BCUT2D eigenvalue weighted by molar-refractivity contribution is 0.187. The fourth-order valence-corrected chi connectivity index (χ4v) is 2.10. The molecule has 0 unspecified atom stereocenters. The van der Waals surface area contributed by atoms with Crippen LogP contribution in [0.4, 0.5) is 0 Å². The van der Waals surface area contributed by atoms with Crippen molar-refractivity contribution in [3.63, 3.8) is 0 Å². The second-order valence-corrected chi connectivity index (χ2v) is 4.76.